The minimum absolute atomic E-state index is 0.179. The van der Waals surface area contributed by atoms with Crippen molar-refractivity contribution >= 4 is 64.3 Å². The van der Waals surface area contributed by atoms with E-state index >= 15 is 0 Å². The predicted octanol–water partition coefficient (Wildman–Crippen LogP) is 5.41. The van der Waals surface area contributed by atoms with Gasteiger partial charge in [-0.3, -0.25) is 19.4 Å². The molecule has 3 aliphatic rings. The van der Waals surface area contributed by atoms with Gasteiger partial charge in [0.2, 0.25) is 11.8 Å². The molecule has 174 valence electrons. The number of anilines is 1. The molecule has 2 saturated heterocycles. The number of hydrogen-bond acceptors (Lipinski definition) is 5. The molecule has 3 aromatic rings. The molecule has 2 amide bonds. The Morgan fingerprint density at radius 1 is 0.829 bits per heavy atom. The largest absolute Gasteiger partial charge is 0.292 e. The number of hydrogen-bond donors (Lipinski definition) is 0. The third kappa shape index (κ3) is 3.32. The van der Waals surface area contributed by atoms with Crippen LogP contribution in [-0.2, 0) is 9.59 Å². The number of hydrazone groups is 1. The molecule has 3 aromatic carbocycles. The van der Waals surface area contributed by atoms with Crippen LogP contribution in [0.2, 0.25) is 15.1 Å². The first-order valence-corrected chi connectivity index (χ1v) is 12.0. The number of carbonyl (C=O) groups excluding carboxylic acids is 3. The van der Waals surface area contributed by atoms with E-state index in [4.69, 9.17) is 34.8 Å². The lowest BCUT2D eigenvalue weighted by Crippen LogP contribution is -2.44. The average molecular weight is 525 g/mol. The highest BCUT2D eigenvalue weighted by Crippen LogP contribution is 2.53. The second kappa shape index (κ2) is 8.19. The topological polar surface area (TPSA) is 70.0 Å². The highest BCUT2D eigenvalue weighted by Gasteiger charge is 2.65. The Bertz CT molecular complexity index is 1440. The second-order valence-corrected chi connectivity index (χ2v) is 9.95. The Labute approximate surface area is 215 Å². The third-order valence-electron chi connectivity index (χ3n) is 6.84. The minimum Gasteiger partial charge on any atom is -0.292 e. The standard InChI is InChI=1S/C26H16Cl3N3O3/c27-15-7-5-13(6-8-15)24(33)23-21-20(22-17-4-2-1-3-14(17)12-30-32(22)23)25(34)31(26(21)35)19-10-9-16(28)11-18(19)29/h1-12,20-23H/t20-,21+,22+,23-/m0/s1. The normalized spacial score (nSPS) is 24.4. The van der Waals surface area contributed by atoms with E-state index in [2.05, 4.69) is 5.10 Å². The number of nitrogens with zero attached hydrogens (tertiary/aromatic N) is 3. The summed E-state index contributed by atoms with van der Waals surface area (Å²) in [5, 5.41) is 7.22. The number of rotatable bonds is 3. The van der Waals surface area contributed by atoms with Crippen molar-refractivity contribution in [3.8, 4) is 0 Å². The molecule has 3 aliphatic heterocycles. The van der Waals surface area contributed by atoms with E-state index in [1.165, 1.54) is 6.07 Å². The van der Waals surface area contributed by atoms with Crippen molar-refractivity contribution in [3.63, 3.8) is 0 Å². The van der Waals surface area contributed by atoms with E-state index in [1.54, 1.807) is 47.6 Å². The summed E-state index contributed by atoms with van der Waals surface area (Å²) in [5.41, 5.74) is 2.32. The summed E-state index contributed by atoms with van der Waals surface area (Å²) in [6.45, 7) is 0. The van der Waals surface area contributed by atoms with Crippen LogP contribution in [-0.4, -0.2) is 34.9 Å². The van der Waals surface area contributed by atoms with Gasteiger partial charge in [-0.15, -0.1) is 0 Å². The molecule has 0 aromatic heterocycles. The van der Waals surface area contributed by atoms with Crippen LogP contribution >= 0.6 is 34.8 Å². The minimum atomic E-state index is -0.969. The number of amides is 2. The molecule has 6 nitrogen and oxygen atoms in total. The molecule has 0 aliphatic carbocycles. The molecule has 0 spiro atoms. The number of benzene rings is 3. The Morgan fingerprint density at radius 3 is 2.26 bits per heavy atom. The lowest BCUT2D eigenvalue weighted by Gasteiger charge is -2.33. The quantitative estimate of drug-likeness (QED) is 0.339. The summed E-state index contributed by atoms with van der Waals surface area (Å²) in [5.74, 6) is -2.96. The van der Waals surface area contributed by atoms with E-state index in [-0.39, 0.29) is 16.5 Å². The molecule has 6 rings (SSSR count). The van der Waals surface area contributed by atoms with Crippen molar-refractivity contribution in [1.82, 2.24) is 5.01 Å². The number of carbonyl (C=O) groups is 3. The van der Waals surface area contributed by atoms with Gasteiger partial charge in [-0.2, -0.15) is 5.10 Å². The van der Waals surface area contributed by atoms with Crippen LogP contribution in [0.5, 0.6) is 0 Å². The Kier molecular flexibility index (Phi) is 5.22. The maximum absolute atomic E-state index is 13.9. The average Bonchev–Trinajstić information content (AvgIpc) is 3.32. The Balaban J connectivity index is 1.50. The molecule has 3 heterocycles. The highest BCUT2D eigenvalue weighted by atomic mass is 35.5. The first-order chi connectivity index (χ1) is 16.9. The number of fused-ring (bicyclic) bond motifs is 5. The fourth-order valence-corrected chi connectivity index (χ4v) is 5.97. The van der Waals surface area contributed by atoms with Crippen molar-refractivity contribution in [2.75, 3.05) is 4.90 Å². The molecule has 0 N–H and O–H groups in total. The summed E-state index contributed by atoms with van der Waals surface area (Å²) in [4.78, 5) is 42.6. The molecule has 4 atom stereocenters. The summed E-state index contributed by atoms with van der Waals surface area (Å²) in [6.07, 6.45) is 1.66. The van der Waals surface area contributed by atoms with Crippen LogP contribution in [0.4, 0.5) is 5.69 Å². The third-order valence-corrected chi connectivity index (χ3v) is 7.63. The van der Waals surface area contributed by atoms with Gasteiger partial charge in [-0.05, 0) is 53.6 Å². The first-order valence-electron chi connectivity index (χ1n) is 10.9. The van der Waals surface area contributed by atoms with Crippen molar-refractivity contribution in [2.24, 2.45) is 16.9 Å². The smallest absolute Gasteiger partial charge is 0.240 e. The van der Waals surface area contributed by atoms with Crippen molar-refractivity contribution in [3.05, 3.63) is 98.5 Å². The van der Waals surface area contributed by atoms with Gasteiger partial charge >= 0.3 is 0 Å². The number of ketones is 1. The molecule has 9 heteroatoms. The monoisotopic (exact) mass is 523 g/mol. The van der Waals surface area contributed by atoms with Gasteiger partial charge in [0.25, 0.3) is 0 Å². The van der Waals surface area contributed by atoms with Crippen molar-refractivity contribution in [2.45, 2.75) is 12.1 Å². The zero-order valence-electron chi connectivity index (χ0n) is 17.9. The maximum Gasteiger partial charge on any atom is 0.240 e. The fraction of sp³-hybridized carbons (Fsp3) is 0.154. The highest BCUT2D eigenvalue weighted by molar-refractivity contribution is 6.38. The van der Waals surface area contributed by atoms with Crippen LogP contribution in [0.15, 0.2) is 71.8 Å². The van der Waals surface area contributed by atoms with E-state index in [9.17, 15) is 14.4 Å². The summed E-state index contributed by atoms with van der Waals surface area (Å²) in [7, 11) is 0. The maximum atomic E-state index is 13.9. The molecule has 35 heavy (non-hydrogen) atoms. The molecule has 0 unspecified atom stereocenters. The van der Waals surface area contributed by atoms with Gasteiger partial charge < -0.3 is 0 Å². The Morgan fingerprint density at radius 2 is 1.51 bits per heavy atom. The van der Waals surface area contributed by atoms with Crippen molar-refractivity contribution < 1.29 is 14.4 Å². The van der Waals surface area contributed by atoms with Gasteiger partial charge in [0.1, 0.15) is 6.04 Å². The lowest BCUT2D eigenvalue weighted by atomic mass is 9.83. The number of halogens is 3. The first kappa shape index (κ1) is 22.3. The fourth-order valence-electron chi connectivity index (χ4n) is 5.35. The van der Waals surface area contributed by atoms with E-state index in [0.29, 0.717) is 15.6 Å². The van der Waals surface area contributed by atoms with Crippen LogP contribution in [0.3, 0.4) is 0 Å². The lowest BCUT2D eigenvalue weighted by molar-refractivity contribution is -0.124. The van der Waals surface area contributed by atoms with Crippen LogP contribution in [0.25, 0.3) is 0 Å². The molecule has 2 fully saturated rings. The summed E-state index contributed by atoms with van der Waals surface area (Å²) in [6, 6.07) is 17.1. The number of Topliss-reactive ketones (excluding diaryl/α,β-unsaturated/α-hetero) is 1. The predicted molar refractivity (Wildman–Crippen MR) is 134 cm³/mol. The second-order valence-electron chi connectivity index (χ2n) is 8.67. The molecular formula is C26H16Cl3N3O3. The summed E-state index contributed by atoms with van der Waals surface area (Å²) >= 11 is 18.4. The van der Waals surface area contributed by atoms with Gasteiger partial charge in [-0.1, -0.05) is 59.1 Å². The zero-order valence-corrected chi connectivity index (χ0v) is 20.2. The van der Waals surface area contributed by atoms with E-state index in [1.807, 2.05) is 24.3 Å². The van der Waals surface area contributed by atoms with Gasteiger partial charge in [0, 0.05) is 15.6 Å². The molecule has 0 bridgehead atoms. The van der Waals surface area contributed by atoms with Gasteiger partial charge in [-0.25, -0.2) is 4.90 Å². The molecule has 0 radical (unpaired) electrons. The van der Waals surface area contributed by atoms with Crippen molar-refractivity contribution in [1.29, 1.82) is 0 Å². The molecule has 0 saturated carbocycles. The number of imide groups is 1. The van der Waals surface area contributed by atoms with Crippen LogP contribution in [0.1, 0.15) is 27.5 Å². The molecular weight excluding hydrogens is 509 g/mol. The summed E-state index contributed by atoms with van der Waals surface area (Å²) < 4.78 is 0. The van der Waals surface area contributed by atoms with Crippen LogP contribution in [0, 0.1) is 11.8 Å². The van der Waals surface area contributed by atoms with Gasteiger partial charge in [0.15, 0.2) is 5.78 Å². The van der Waals surface area contributed by atoms with Crippen LogP contribution < -0.4 is 4.90 Å². The van der Waals surface area contributed by atoms with E-state index < -0.39 is 35.7 Å². The SMILES string of the molecule is O=C(c1ccc(Cl)cc1)[C@@H]1[C@@H]2C(=O)N(c3ccc(Cl)cc3Cl)C(=O)[C@@H]2[C@H]2c3ccccc3C=NN12. The van der Waals surface area contributed by atoms with Gasteiger partial charge in [0.05, 0.1) is 34.8 Å². The Hall–Kier alpha value is -3.19. The van der Waals surface area contributed by atoms with E-state index in [0.717, 1.165) is 16.0 Å². The zero-order chi connectivity index (χ0) is 24.4.